The number of aliphatic hydroxyl groups is 1. The Morgan fingerprint density at radius 1 is 1.05 bits per heavy atom. The van der Waals surface area contributed by atoms with Gasteiger partial charge >= 0.3 is 15.2 Å². The highest BCUT2D eigenvalue weighted by Crippen LogP contribution is 2.71. The molecule has 19 heavy (non-hydrogen) atoms. The van der Waals surface area contributed by atoms with Gasteiger partial charge in [0.2, 0.25) is 0 Å². The third kappa shape index (κ3) is 4.64. The summed E-state index contributed by atoms with van der Waals surface area (Å²) in [4.78, 5) is 34.5. The van der Waals surface area contributed by atoms with Crippen LogP contribution in [-0.4, -0.2) is 36.2 Å². The topological polar surface area (TPSA) is 135 Å². The highest BCUT2D eigenvalue weighted by atomic mass is 31.2. The SMILES string of the molecule is CCCCC(CC)CC(CO)(P(=O)(O)O)P(=O)(O)O. The van der Waals surface area contributed by atoms with Crippen LogP contribution in [-0.2, 0) is 9.13 Å². The first-order chi connectivity index (χ1) is 8.55. The minimum absolute atomic E-state index is 0.243. The molecule has 0 aliphatic carbocycles. The van der Waals surface area contributed by atoms with Gasteiger partial charge < -0.3 is 24.7 Å². The average molecular weight is 318 g/mol. The van der Waals surface area contributed by atoms with Crippen LogP contribution in [0.1, 0.15) is 46.0 Å². The zero-order chi connectivity index (χ0) is 15.3. The second kappa shape index (κ2) is 7.32. The van der Waals surface area contributed by atoms with Gasteiger partial charge in [-0.05, 0) is 12.3 Å². The van der Waals surface area contributed by atoms with Gasteiger partial charge in [0.15, 0.2) is 4.90 Å². The Hall–Kier alpha value is 0.260. The van der Waals surface area contributed by atoms with Crippen LogP contribution in [0, 0.1) is 5.92 Å². The fraction of sp³-hybridized carbons (Fsp3) is 1.00. The molecule has 0 saturated heterocycles. The second-order valence-corrected chi connectivity index (χ2v) is 9.09. The van der Waals surface area contributed by atoms with E-state index in [1.165, 1.54) is 0 Å². The van der Waals surface area contributed by atoms with E-state index in [2.05, 4.69) is 0 Å². The summed E-state index contributed by atoms with van der Waals surface area (Å²) in [6.07, 6.45) is 2.47. The summed E-state index contributed by atoms with van der Waals surface area (Å²) >= 11 is 0. The van der Waals surface area contributed by atoms with E-state index in [1.54, 1.807) is 6.92 Å². The van der Waals surface area contributed by atoms with Crippen molar-refractivity contribution in [3.05, 3.63) is 0 Å². The molecule has 5 N–H and O–H groups in total. The largest absolute Gasteiger partial charge is 0.394 e. The first-order valence-corrected chi connectivity index (χ1v) is 9.50. The van der Waals surface area contributed by atoms with Crippen LogP contribution in [0.4, 0.5) is 0 Å². The molecule has 1 atom stereocenters. The zero-order valence-corrected chi connectivity index (χ0v) is 13.1. The van der Waals surface area contributed by atoms with E-state index in [-0.39, 0.29) is 12.3 Å². The maximum atomic E-state index is 11.5. The lowest BCUT2D eigenvalue weighted by Gasteiger charge is -2.35. The molecule has 0 aliphatic heterocycles. The molecule has 0 radical (unpaired) electrons. The van der Waals surface area contributed by atoms with Crippen molar-refractivity contribution in [2.75, 3.05) is 6.61 Å². The molecule has 0 aromatic rings. The summed E-state index contributed by atoms with van der Waals surface area (Å²) in [5, 5.41) is 9.23. The first-order valence-electron chi connectivity index (χ1n) is 6.27. The van der Waals surface area contributed by atoms with E-state index >= 15 is 0 Å². The van der Waals surface area contributed by atoms with Crippen molar-refractivity contribution in [2.45, 2.75) is 50.8 Å². The van der Waals surface area contributed by atoms with E-state index < -0.39 is 26.7 Å². The van der Waals surface area contributed by atoms with Crippen LogP contribution in [0.5, 0.6) is 0 Å². The highest BCUT2D eigenvalue weighted by molar-refractivity contribution is 7.72. The van der Waals surface area contributed by atoms with Crippen LogP contribution in [0.25, 0.3) is 0 Å². The molecule has 0 amide bonds. The van der Waals surface area contributed by atoms with Gasteiger partial charge in [-0.3, -0.25) is 9.13 Å². The standard InChI is InChI=1S/C10H24O7P2/c1-3-5-6-9(4-2)7-10(8-11,18(12,13)14)19(15,16)17/h9,11H,3-8H2,1-2H3,(H2,12,13,14)(H2,15,16,17). The molecule has 0 heterocycles. The Morgan fingerprint density at radius 2 is 1.53 bits per heavy atom. The van der Waals surface area contributed by atoms with Gasteiger partial charge in [-0.25, -0.2) is 0 Å². The van der Waals surface area contributed by atoms with Crippen molar-refractivity contribution < 1.29 is 33.8 Å². The van der Waals surface area contributed by atoms with Crippen LogP contribution in [0.3, 0.4) is 0 Å². The van der Waals surface area contributed by atoms with Crippen LogP contribution < -0.4 is 0 Å². The lowest BCUT2D eigenvalue weighted by Crippen LogP contribution is -2.35. The van der Waals surface area contributed by atoms with E-state index in [0.29, 0.717) is 12.8 Å². The number of rotatable bonds is 9. The van der Waals surface area contributed by atoms with Crippen molar-refractivity contribution in [1.29, 1.82) is 0 Å². The van der Waals surface area contributed by atoms with Gasteiger partial charge in [-0.15, -0.1) is 0 Å². The lowest BCUT2D eigenvalue weighted by molar-refractivity contribution is 0.198. The van der Waals surface area contributed by atoms with Crippen molar-refractivity contribution in [3.63, 3.8) is 0 Å². The molecule has 0 fully saturated rings. The number of hydrogen-bond acceptors (Lipinski definition) is 3. The van der Waals surface area contributed by atoms with Crippen LogP contribution >= 0.6 is 15.2 Å². The van der Waals surface area contributed by atoms with Crippen molar-refractivity contribution in [3.8, 4) is 0 Å². The summed E-state index contributed by atoms with van der Waals surface area (Å²) in [7, 11) is -10.3. The zero-order valence-electron chi connectivity index (χ0n) is 11.3. The third-order valence-electron chi connectivity index (χ3n) is 3.50. The van der Waals surface area contributed by atoms with Gasteiger partial charge in [0.05, 0.1) is 6.61 Å². The fourth-order valence-corrected chi connectivity index (χ4v) is 4.78. The summed E-state index contributed by atoms with van der Waals surface area (Å²) in [6.45, 7) is 2.52. The van der Waals surface area contributed by atoms with Crippen molar-refractivity contribution in [1.82, 2.24) is 0 Å². The molecule has 0 rings (SSSR count). The summed E-state index contributed by atoms with van der Waals surface area (Å²) in [5.74, 6) is -0.243. The predicted octanol–water partition coefficient (Wildman–Crippen LogP) is 1.64. The highest BCUT2D eigenvalue weighted by Gasteiger charge is 2.60. The Kier molecular flexibility index (Phi) is 7.42. The second-order valence-electron chi connectivity index (χ2n) is 4.85. The maximum Gasteiger partial charge on any atom is 0.346 e. The molecule has 0 aliphatic rings. The Morgan fingerprint density at radius 3 is 1.79 bits per heavy atom. The van der Waals surface area contributed by atoms with Crippen molar-refractivity contribution in [2.24, 2.45) is 5.92 Å². The van der Waals surface area contributed by atoms with E-state index in [0.717, 1.165) is 12.8 Å². The Labute approximate surface area is 113 Å². The van der Waals surface area contributed by atoms with Gasteiger partial charge in [0, 0.05) is 0 Å². The van der Waals surface area contributed by atoms with Gasteiger partial charge in [0.25, 0.3) is 0 Å². The normalized spacial score (nSPS) is 15.5. The Bertz CT molecular complexity index is 337. The van der Waals surface area contributed by atoms with Crippen LogP contribution in [0.2, 0.25) is 0 Å². The molecule has 0 bridgehead atoms. The Balaban J connectivity index is 5.38. The molecular weight excluding hydrogens is 294 g/mol. The summed E-state index contributed by atoms with van der Waals surface area (Å²) < 4.78 is 23.0. The average Bonchev–Trinajstić information content (AvgIpc) is 2.26. The number of unbranched alkanes of at least 4 members (excludes halogenated alkanes) is 1. The van der Waals surface area contributed by atoms with Crippen LogP contribution in [0.15, 0.2) is 0 Å². The lowest BCUT2D eigenvalue weighted by atomic mass is 9.94. The molecular formula is C10H24O7P2. The maximum absolute atomic E-state index is 11.5. The molecule has 9 heteroatoms. The molecule has 0 aromatic carbocycles. The quantitative estimate of drug-likeness (QED) is 0.408. The molecule has 0 saturated carbocycles. The minimum atomic E-state index is -5.14. The number of aliphatic hydroxyl groups excluding tert-OH is 1. The van der Waals surface area contributed by atoms with Gasteiger partial charge in [-0.1, -0.05) is 39.5 Å². The predicted molar refractivity (Wildman–Crippen MR) is 71.8 cm³/mol. The molecule has 0 spiro atoms. The monoisotopic (exact) mass is 318 g/mol. The number of hydrogen-bond donors (Lipinski definition) is 5. The fourth-order valence-electron chi connectivity index (χ4n) is 2.06. The summed E-state index contributed by atoms with van der Waals surface area (Å²) in [5.41, 5.74) is 0. The minimum Gasteiger partial charge on any atom is -0.394 e. The van der Waals surface area contributed by atoms with E-state index in [4.69, 9.17) is 0 Å². The third-order valence-corrected chi connectivity index (χ3v) is 7.88. The van der Waals surface area contributed by atoms with E-state index in [9.17, 15) is 33.8 Å². The smallest absolute Gasteiger partial charge is 0.346 e. The van der Waals surface area contributed by atoms with Crippen molar-refractivity contribution >= 4 is 15.2 Å². The molecule has 7 nitrogen and oxygen atoms in total. The first kappa shape index (κ1) is 19.3. The van der Waals surface area contributed by atoms with Gasteiger partial charge in [-0.2, -0.15) is 0 Å². The van der Waals surface area contributed by atoms with Gasteiger partial charge in [0.1, 0.15) is 0 Å². The molecule has 0 aromatic heterocycles. The molecule has 116 valence electrons. The molecule has 1 unspecified atom stereocenters. The van der Waals surface area contributed by atoms with E-state index in [1.807, 2.05) is 6.92 Å². The summed E-state index contributed by atoms with van der Waals surface area (Å²) in [6, 6.07) is 0.